The summed E-state index contributed by atoms with van der Waals surface area (Å²) in [7, 11) is 0. The van der Waals surface area contributed by atoms with E-state index in [1.54, 1.807) is 18.3 Å². The Hall–Kier alpha value is -4.01. The van der Waals surface area contributed by atoms with Crippen LogP contribution in [0.3, 0.4) is 0 Å². The summed E-state index contributed by atoms with van der Waals surface area (Å²) in [5.41, 5.74) is 4.24. The Morgan fingerprint density at radius 2 is 1.82 bits per heavy atom. The molecule has 0 radical (unpaired) electrons. The number of likely N-dealkylation sites (tertiary alicyclic amines) is 1. The highest BCUT2D eigenvalue weighted by atomic mass is 19.3. The van der Waals surface area contributed by atoms with Gasteiger partial charge in [-0.2, -0.15) is 13.9 Å². The minimum atomic E-state index is -2.88. The molecule has 2 aromatic carbocycles. The molecule has 1 unspecified atom stereocenters. The third-order valence-corrected chi connectivity index (χ3v) is 8.82. The average molecular weight is 530 g/mol. The highest BCUT2D eigenvalue weighted by molar-refractivity contribution is 5.84. The third-order valence-electron chi connectivity index (χ3n) is 8.82. The smallest absolute Gasteiger partial charge is 0.387 e. The van der Waals surface area contributed by atoms with Crippen molar-refractivity contribution < 1.29 is 18.3 Å². The first-order valence-corrected chi connectivity index (χ1v) is 13.5. The van der Waals surface area contributed by atoms with Crippen molar-refractivity contribution in [1.82, 2.24) is 25.0 Å². The Morgan fingerprint density at radius 1 is 1.00 bits per heavy atom. The van der Waals surface area contributed by atoms with Gasteiger partial charge in [-0.3, -0.25) is 9.67 Å². The lowest BCUT2D eigenvalue weighted by Gasteiger charge is -2.44. The highest BCUT2D eigenvalue weighted by Gasteiger charge is 2.48. The molecule has 200 valence electrons. The van der Waals surface area contributed by atoms with Crippen LogP contribution in [0.15, 0.2) is 66.9 Å². The Morgan fingerprint density at radius 3 is 2.59 bits per heavy atom. The molecule has 1 aliphatic carbocycles. The SMILES string of the molecule is O=C(NC1(c2ccccc2)CCC1)N1CCC2(CCn3nc(-c4cnc5ccc(OC(F)F)cc5c4)cc32)C1. The molecule has 0 bridgehead atoms. The Labute approximate surface area is 224 Å². The summed E-state index contributed by atoms with van der Waals surface area (Å²) in [6, 6.07) is 19.0. The predicted octanol–water partition coefficient (Wildman–Crippen LogP) is 5.84. The molecule has 4 aromatic rings. The number of carbonyl (C=O) groups excluding carboxylic acids is 1. The van der Waals surface area contributed by atoms with Crippen LogP contribution in [0.25, 0.3) is 22.2 Å². The molecule has 1 spiro atoms. The third kappa shape index (κ3) is 4.11. The number of hydrogen-bond donors (Lipinski definition) is 1. The van der Waals surface area contributed by atoms with Gasteiger partial charge in [0.1, 0.15) is 5.75 Å². The van der Waals surface area contributed by atoms with E-state index < -0.39 is 6.61 Å². The van der Waals surface area contributed by atoms with E-state index in [2.05, 4.69) is 37.9 Å². The second-order valence-electron chi connectivity index (χ2n) is 11.0. The van der Waals surface area contributed by atoms with Crippen molar-refractivity contribution in [3.63, 3.8) is 0 Å². The van der Waals surface area contributed by atoms with E-state index in [0.717, 1.165) is 55.6 Å². The number of aryl methyl sites for hydroxylation is 1. The molecule has 3 aliphatic rings. The summed E-state index contributed by atoms with van der Waals surface area (Å²) in [5.74, 6) is 0.100. The van der Waals surface area contributed by atoms with Crippen LogP contribution >= 0.6 is 0 Å². The van der Waals surface area contributed by atoms with Crippen molar-refractivity contribution in [1.29, 1.82) is 0 Å². The van der Waals surface area contributed by atoms with Crippen LogP contribution in [0.4, 0.5) is 13.6 Å². The number of rotatable bonds is 5. The number of benzene rings is 2. The molecule has 39 heavy (non-hydrogen) atoms. The summed E-state index contributed by atoms with van der Waals surface area (Å²) in [4.78, 5) is 19.9. The van der Waals surface area contributed by atoms with Gasteiger partial charge in [-0.05, 0) is 68.0 Å². The number of nitrogens with one attached hydrogen (secondary N) is 1. The lowest BCUT2D eigenvalue weighted by atomic mass is 9.72. The average Bonchev–Trinajstić information content (AvgIpc) is 3.63. The van der Waals surface area contributed by atoms with E-state index in [1.165, 1.54) is 11.6 Å². The molecule has 2 fully saturated rings. The van der Waals surface area contributed by atoms with Gasteiger partial charge >= 0.3 is 12.6 Å². The molecule has 1 saturated heterocycles. The quantitative estimate of drug-likeness (QED) is 0.353. The van der Waals surface area contributed by atoms with E-state index in [0.29, 0.717) is 24.0 Å². The molecule has 7 rings (SSSR count). The van der Waals surface area contributed by atoms with Crippen molar-refractivity contribution in [2.45, 2.75) is 56.2 Å². The zero-order valence-corrected chi connectivity index (χ0v) is 21.4. The predicted molar refractivity (Wildman–Crippen MR) is 143 cm³/mol. The zero-order chi connectivity index (χ0) is 26.6. The van der Waals surface area contributed by atoms with Crippen molar-refractivity contribution in [2.75, 3.05) is 13.1 Å². The van der Waals surface area contributed by atoms with E-state index in [1.807, 2.05) is 29.2 Å². The van der Waals surface area contributed by atoms with Gasteiger partial charge < -0.3 is 15.0 Å². The standard InChI is InChI=1S/C30H29F2N5O2/c31-27(32)39-23-7-8-24-20(16-23)15-21(18-33-24)25-17-26-29(12-14-37(26)35-25)11-13-36(19-29)28(38)34-30(9-4-10-30)22-5-2-1-3-6-22/h1-3,5-8,15-18,27H,4,9-14,19H2,(H,34,38). The van der Waals surface area contributed by atoms with Crippen LogP contribution in [0.1, 0.15) is 43.4 Å². The number of alkyl halides is 2. The molecule has 1 saturated carbocycles. The monoisotopic (exact) mass is 529 g/mol. The fourth-order valence-electron chi connectivity index (χ4n) is 6.55. The van der Waals surface area contributed by atoms with E-state index in [4.69, 9.17) is 5.10 Å². The van der Waals surface area contributed by atoms with Gasteiger partial charge in [-0.1, -0.05) is 30.3 Å². The summed E-state index contributed by atoms with van der Waals surface area (Å²) in [5, 5.41) is 8.95. The van der Waals surface area contributed by atoms with Crippen LogP contribution in [0.2, 0.25) is 0 Å². The number of pyridine rings is 1. The molecule has 9 heteroatoms. The van der Waals surface area contributed by atoms with Crippen LogP contribution in [0.5, 0.6) is 5.75 Å². The Bertz CT molecular complexity index is 1550. The normalized spacial score (nSPS) is 21.4. The maximum absolute atomic E-state index is 13.5. The van der Waals surface area contributed by atoms with Gasteiger partial charge in [0, 0.05) is 47.9 Å². The van der Waals surface area contributed by atoms with Gasteiger partial charge in [0.05, 0.1) is 16.7 Å². The molecule has 1 atom stereocenters. The van der Waals surface area contributed by atoms with Crippen LogP contribution in [-0.4, -0.2) is 45.4 Å². The lowest BCUT2D eigenvalue weighted by molar-refractivity contribution is -0.0497. The first-order chi connectivity index (χ1) is 18.9. The molecule has 4 heterocycles. The van der Waals surface area contributed by atoms with Crippen molar-refractivity contribution >= 4 is 16.9 Å². The van der Waals surface area contributed by atoms with Crippen LogP contribution in [0, 0.1) is 0 Å². The topological polar surface area (TPSA) is 72.3 Å². The number of urea groups is 1. The Kier molecular flexibility index (Phi) is 5.57. The molecular weight excluding hydrogens is 500 g/mol. The summed E-state index contributed by atoms with van der Waals surface area (Å²) >= 11 is 0. The van der Waals surface area contributed by atoms with Gasteiger partial charge in [-0.15, -0.1) is 0 Å². The maximum Gasteiger partial charge on any atom is 0.387 e. The van der Waals surface area contributed by atoms with E-state index in [9.17, 15) is 13.6 Å². The Balaban J connectivity index is 1.11. The van der Waals surface area contributed by atoms with Gasteiger partial charge in [0.2, 0.25) is 0 Å². The molecule has 7 nitrogen and oxygen atoms in total. The number of amides is 2. The summed E-state index contributed by atoms with van der Waals surface area (Å²) in [6.45, 7) is -0.705. The van der Waals surface area contributed by atoms with Gasteiger partial charge in [-0.25, -0.2) is 4.79 Å². The zero-order valence-electron chi connectivity index (χ0n) is 21.4. The largest absolute Gasteiger partial charge is 0.435 e. The fourth-order valence-corrected chi connectivity index (χ4v) is 6.55. The number of nitrogens with zero attached hydrogens (tertiary/aromatic N) is 4. The number of ether oxygens (including phenoxy) is 1. The molecular formula is C30H29F2N5O2. The van der Waals surface area contributed by atoms with Gasteiger partial charge in [0.25, 0.3) is 0 Å². The second kappa shape index (κ2) is 9.03. The van der Waals surface area contributed by atoms with Crippen LogP contribution < -0.4 is 10.1 Å². The number of fused-ring (bicyclic) bond motifs is 3. The van der Waals surface area contributed by atoms with Crippen molar-refractivity contribution in [3.05, 3.63) is 78.1 Å². The van der Waals surface area contributed by atoms with Gasteiger partial charge in [0.15, 0.2) is 0 Å². The number of aromatic nitrogens is 3. The van der Waals surface area contributed by atoms with Crippen LogP contribution in [-0.2, 0) is 17.5 Å². The van der Waals surface area contributed by atoms with E-state index in [-0.39, 0.29) is 22.7 Å². The number of halogens is 2. The molecule has 2 aliphatic heterocycles. The van der Waals surface area contributed by atoms with Crippen molar-refractivity contribution in [2.24, 2.45) is 0 Å². The first kappa shape index (κ1) is 24.1. The highest BCUT2D eigenvalue weighted by Crippen LogP contribution is 2.45. The molecule has 2 amide bonds. The number of carbonyl (C=O) groups is 1. The molecule has 1 N–H and O–H groups in total. The van der Waals surface area contributed by atoms with Crippen molar-refractivity contribution in [3.8, 4) is 17.0 Å². The maximum atomic E-state index is 13.5. The van der Waals surface area contributed by atoms with E-state index >= 15 is 0 Å². The minimum Gasteiger partial charge on any atom is -0.435 e. The fraction of sp³-hybridized carbons (Fsp3) is 0.367. The molecule has 2 aromatic heterocycles. The number of hydrogen-bond acceptors (Lipinski definition) is 4. The lowest BCUT2D eigenvalue weighted by Crippen LogP contribution is -2.54. The minimum absolute atomic E-state index is 0.00849. The summed E-state index contributed by atoms with van der Waals surface area (Å²) < 4.78 is 32.0. The first-order valence-electron chi connectivity index (χ1n) is 13.5. The second-order valence-corrected chi connectivity index (χ2v) is 11.0. The summed E-state index contributed by atoms with van der Waals surface area (Å²) in [6.07, 6.45) is 6.66.